The van der Waals surface area contributed by atoms with Crippen LogP contribution >= 0.6 is 0 Å². The second-order valence-electron chi connectivity index (χ2n) is 7.57. The molecule has 1 aliphatic carbocycles. The minimum Gasteiger partial charge on any atom is -0.490 e. The number of benzene rings is 1. The third-order valence-electron chi connectivity index (χ3n) is 5.58. The van der Waals surface area contributed by atoms with Crippen LogP contribution in [0.4, 0.5) is 0 Å². The minimum absolute atomic E-state index is 0.173. The largest absolute Gasteiger partial charge is 0.490 e. The molecule has 150 valence electrons. The van der Waals surface area contributed by atoms with E-state index in [1.165, 1.54) is 43.7 Å². The van der Waals surface area contributed by atoms with Gasteiger partial charge in [0.05, 0.1) is 18.8 Å². The Hall–Kier alpha value is -2.34. The van der Waals surface area contributed by atoms with E-state index in [0.717, 1.165) is 11.4 Å². The second kappa shape index (κ2) is 8.78. The third kappa shape index (κ3) is 4.38. The van der Waals surface area contributed by atoms with Gasteiger partial charge in [0.15, 0.2) is 6.10 Å². The van der Waals surface area contributed by atoms with Crippen LogP contribution in [0.2, 0.25) is 0 Å². The SMILES string of the molecule is CCOCc1cc(=O)nc2n1CC(COc1ccc(C3CCCCC3)cc1)O2. The predicted octanol–water partition coefficient (Wildman–Crippen LogP) is 3.67. The van der Waals surface area contributed by atoms with Crippen LogP contribution in [0.25, 0.3) is 0 Å². The Labute approximate surface area is 165 Å². The number of nitrogens with zero attached hydrogens (tertiary/aromatic N) is 2. The summed E-state index contributed by atoms with van der Waals surface area (Å²) in [5.41, 5.74) is 1.90. The first-order valence-electron chi connectivity index (χ1n) is 10.3. The van der Waals surface area contributed by atoms with Crippen molar-refractivity contribution >= 4 is 0 Å². The minimum atomic E-state index is -0.305. The van der Waals surface area contributed by atoms with Gasteiger partial charge in [0, 0.05) is 12.7 Å². The molecule has 2 aromatic rings. The highest BCUT2D eigenvalue weighted by molar-refractivity contribution is 5.29. The highest BCUT2D eigenvalue weighted by Crippen LogP contribution is 2.33. The van der Waals surface area contributed by atoms with Gasteiger partial charge >= 0.3 is 6.01 Å². The zero-order chi connectivity index (χ0) is 19.3. The smallest absolute Gasteiger partial charge is 0.300 e. The number of rotatable bonds is 7. The Morgan fingerprint density at radius 2 is 1.96 bits per heavy atom. The van der Waals surface area contributed by atoms with E-state index in [1.807, 2.05) is 23.6 Å². The van der Waals surface area contributed by atoms with Gasteiger partial charge < -0.3 is 14.2 Å². The van der Waals surface area contributed by atoms with E-state index >= 15 is 0 Å². The maximum atomic E-state index is 11.8. The Morgan fingerprint density at radius 3 is 2.71 bits per heavy atom. The molecule has 2 heterocycles. The van der Waals surface area contributed by atoms with E-state index in [2.05, 4.69) is 17.1 Å². The molecule has 1 aromatic carbocycles. The number of hydrogen-bond acceptors (Lipinski definition) is 5. The molecule has 0 N–H and O–H groups in total. The molecule has 6 heteroatoms. The molecule has 0 radical (unpaired) electrons. The van der Waals surface area contributed by atoms with Crippen molar-refractivity contribution in [1.29, 1.82) is 0 Å². The van der Waals surface area contributed by atoms with E-state index in [0.29, 0.717) is 38.3 Å². The lowest BCUT2D eigenvalue weighted by molar-refractivity contribution is 0.127. The highest BCUT2D eigenvalue weighted by atomic mass is 16.6. The summed E-state index contributed by atoms with van der Waals surface area (Å²) >= 11 is 0. The van der Waals surface area contributed by atoms with Crippen molar-refractivity contribution in [3.63, 3.8) is 0 Å². The topological polar surface area (TPSA) is 62.6 Å². The molecule has 1 aromatic heterocycles. The lowest BCUT2D eigenvalue weighted by Gasteiger charge is -2.22. The fraction of sp³-hybridized carbons (Fsp3) is 0.545. The average Bonchev–Trinajstić information content (AvgIpc) is 3.14. The van der Waals surface area contributed by atoms with Crippen LogP contribution < -0.4 is 15.0 Å². The molecule has 0 spiro atoms. The summed E-state index contributed by atoms with van der Waals surface area (Å²) in [7, 11) is 0. The molecule has 2 aliphatic rings. The van der Waals surface area contributed by atoms with Crippen molar-refractivity contribution in [3.8, 4) is 11.8 Å². The normalized spacial score (nSPS) is 19.2. The molecule has 6 nitrogen and oxygen atoms in total. The molecule has 1 fully saturated rings. The highest BCUT2D eigenvalue weighted by Gasteiger charge is 2.26. The summed E-state index contributed by atoms with van der Waals surface area (Å²) < 4.78 is 19.1. The van der Waals surface area contributed by atoms with E-state index in [9.17, 15) is 4.79 Å². The quantitative estimate of drug-likeness (QED) is 0.729. The van der Waals surface area contributed by atoms with Crippen LogP contribution in [0, 0.1) is 0 Å². The van der Waals surface area contributed by atoms with E-state index in [-0.39, 0.29) is 11.7 Å². The van der Waals surface area contributed by atoms with Gasteiger partial charge in [-0.1, -0.05) is 31.4 Å². The fourth-order valence-corrected chi connectivity index (χ4v) is 4.08. The molecule has 1 unspecified atom stereocenters. The molecular weight excluding hydrogens is 356 g/mol. The summed E-state index contributed by atoms with van der Waals surface area (Å²) in [6.07, 6.45) is 6.46. The van der Waals surface area contributed by atoms with Crippen LogP contribution in [-0.2, 0) is 17.9 Å². The Bertz CT molecular complexity index is 841. The van der Waals surface area contributed by atoms with E-state index in [4.69, 9.17) is 14.2 Å². The molecule has 0 saturated heterocycles. The van der Waals surface area contributed by atoms with Crippen molar-refractivity contribution in [2.24, 2.45) is 0 Å². The predicted molar refractivity (Wildman–Crippen MR) is 106 cm³/mol. The number of aromatic nitrogens is 2. The third-order valence-corrected chi connectivity index (χ3v) is 5.58. The Kier molecular flexibility index (Phi) is 5.95. The first-order valence-corrected chi connectivity index (χ1v) is 10.3. The molecule has 1 atom stereocenters. The number of hydrogen-bond donors (Lipinski definition) is 0. The number of ether oxygens (including phenoxy) is 3. The van der Waals surface area contributed by atoms with Gasteiger partial charge in [0.1, 0.15) is 12.4 Å². The standard InChI is InChI=1S/C22H28N2O4/c1-2-26-14-18-12-21(25)23-22-24(18)13-20(28-22)15-27-19-10-8-17(9-11-19)16-6-4-3-5-7-16/h8-12,16,20H,2-7,13-15H2,1H3. The maximum Gasteiger partial charge on any atom is 0.300 e. The summed E-state index contributed by atoms with van der Waals surface area (Å²) in [4.78, 5) is 15.7. The summed E-state index contributed by atoms with van der Waals surface area (Å²) in [5, 5.41) is 0. The number of fused-ring (bicyclic) bond motifs is 1. The lowest BCUT2D eigenvalue weighted by Crippen LogP contribution is -2.23. The van der Waals surface area contributed by atoms with Gasteiger partial charge in [-0.15, -0.1) is 0 Å². The van der Waals surface area contributed by atoms with Crippen molar-refractivity contribution in [1.82, 2.24) is 9.55 Å². The van der Waals surface area contributed by atoms with Crippen LogP contribution in [0.1, 0.15) is 56.2 Å². The molecule has 1 aliphatic heterocycles. The van der Waals surface area contributed by atoms with Crippen LogP contribution in [0.5, 0.6) is 11.8 Å². The lowest BCUT2D eigenvalue weighted by atomic mass is 9.84. The van der Waals surface area contributed by atoms with Crippen molar-refractivity contribution in [2.75, 3.05) is 13.2 Å². The zero-order valence-corrected chi connectivity index (χ0v) is 16.4. The Morgan fingerprint density at radius 1 is 1.18 bits per heavy atom. The molecule has 0 amide bonds. The van der Waals surface area contributed by atoms with Crippen molar-refractivity contribution in [3.05, 3.63) is 51.9 Å². The molecule has 0 bridgehead atoms. The van der Waals surface area contributed by atoms with E-state index < -0.39 is 0 Å². The summed E-state index contributed by atoms with van der Waals surface area (Å²) in [5.74, 6) is 1.54. The van der Waals surface area contributed by atoms with Gasteiger partial charge in [0.2, 0.25) is 0 Å². The second-order valence-corrected chi connectivity index (χ2v) is 7.57. The first kappa shape index (κ1) is 19.0. The Balaban J connectivity index is 1.35. The molecular formula is C22H28N2O4. The van der Waals surface area contributed by atoms with Crippen LogP contribution in [0.15, 0.2) is 35.1 Å². The molecule has 4 rings (SSSR count). The summed E-state index contributed by atoms with van der Waals surface area (Å²) in [6, 6.07) is 10.3. The van der Waals surface area contributed by atoms with Gasteiger partial charge in [-0.05, 0) is 43.4 Å². The summed E-state index contributed by atoms with van der Waals surface area (Å²) in [6.45, 7) is 3.91. The van der Waals surface area contributed by atoms with Gasteiger partial charge in [-0.25, -0.2) is 0 Å². The fourth-order valence-electron chi connectivity index (χ4n) is 4.08. The monoisotopic (exact) mass is 384 g/mol. The van der Waals surface area contributed by atoms with E-state index in [1.54, 1.807) is 0 Å². The van der Waals surface area contributed by atoms with Gasteiger partial charge in [-0.3, -0.25) is 9.36 Å². The average molecular weight is 384 g/mol. The van der Waals surface area contributed by atoms with Crippen LogP contribution in [-0.4, -0.2) is 28.9 Å². The van der Waals surface area contributed by atoms with Gasteiger partial charge in [0.25, 0.3) is 5.56 Å². The van der Waals surface area contributed by atoms with Crippen molar-refractivity contribution < 1.29 is 14.2 Å². The maximum absolute atomic E-state index is 11.8. The first-order chi connectivity index (χ1) is 13.7. The molecule has 28 heavy (non-hydrogen) atoms. The van der Waals surface area contributed by atoms with Gasteiger partial charge in [-0.2, -0.15) is 4.98 Å². The van der Waals surface area contributed by atoms with Crippen LogP contribution in [0.3, 0.4) is 0 Å². The molecule has 1 saturated carbocycles. The zero-order valence-electron chi connectivity index (χ0n) is 16.4. The van der Waals surface area contributed by atoms with Crippen molar-refractivity contribution in [2.45, 2.75) is 64.2 Å².